The molecule has 0 aliphatic carbocycles. The highest BCUT2D eigenvalue weighted by atomic mass is 35.5. The first-order valence-corrected chi connectivity index (χ1v) is 10.4. The van der Waals surface area contributed by atoms with Crippen LogP contribution in [0.15, 0.2) is 53.7 Å². The summed E-state index contributed by atoms with van der Waals surface area (Å²) in [6.45, 7) is 3.84. The first kappa shape index (κ1) is 21.7. The summed E-state index contributed by atoms with van der Waals surface area (Å²) in [5, 5.41) is 8.54. The van der Waals surface area contributed by atoms with Crippen LogP contribution in [-0.2, 0) is 9.53 Å². The number of aromatic nitrogens is 3. The highest BCUT2D eigenvalue weighted by molar-refractivity contribution is 6.30. The number of benzene rings is 2. The van der Waals surface area contributed by atoms with Crippen LogP contribution in [0.3, 0.4) is 0 Å². The van der Waals surface area contributed by atoms with Gasteiger partial charge in [-0.05, 0) is 50.2 Å². The van der Waals surface area contributed by atoms with Gasteiger partial charge in [0, 0.05) is 27.9 Å². The highest BCUT2D eigenvalue weighted by Crippen LogP contribution is 2.41. The van der Waals surface area contributed by atoms with E-state index in [1.54, 1.807) is 44.0 Å². The van der Waals surface area contributed by atoms with Gasteiger partial charge in [-0.1, -0.05) is 11.6 Å². The molecule has 1 atom stereocenters. The number of ether oxygens (including phenoxy) is 3. The van der Waals surface area contributed by atoms with E-state index in [0.29, 0.717) is 39.6 Å². The number of esters is 1. The Bertz CT molecular complexity index is 1190. The summed E-state index contributed by atoms with van der Waals surface area (Å²) in [6.07, 6.45) is 0. The molecule has 1 aliphatic rings. The van der Waals surface area contributed by atoms with Gasteiger partial charge in [0.2, 0.25) is 5.95 Å². The minimum atomic E-state index is -0.611. The molecule has 0 spiro atoms. The first-order chi connectivity index (χ1) is 15.5. The summed E-state index contributed by atoms with van der Waals surface area (Å²) in [5.74, 6) is 1.76. The zero-order chi connectivity index (χ0) is 22.8. The van der Waals surface area contributed by atoms with Crippen LogP contribution in [0.5, 0.6) is 11.5 Å². The van der Waals surface area contributed by atoms with Gasteiger partial charge in [-0.2, -0.15) is 4.98 Å². The number of allylic oxidation sites excluding steroid dienone is 1. The third-order valence-corrected chi connectivity index (χ3v) is 5.44. The number of methoxy groups -OCH3 is 2. The van der Waals surface area contributed by atoms with Gasteiger partial charge in [0.1, 0.15) is 17.5 Å². The van der Waals surface area contributed by atoms with Crippen molar-refractivity contribution in [2.75, 3.05) is 26.1 Å². The summed E-state index contributed by atoms with van der Waals surface area (Å²) < 4.78 is 18.0. The second-order valence-corrected chi connectivity index (χ2v) is 7.54. The molecular formula is C23H23ClN4O4. The van der Waals surface area contributed by atoms with Gasteiger partial charge in [0.05, 0.1) is 26.4 Å². The average molecular weight is 455 g/mol. The molecule has 166 valence electrons. The number of rotatable bonds is 6. The Kier molecular flexibility index (Phi) is 6.05. The molecule has 0 bridgehead atoms. The molecule has 1 aliphatic heterocycles. The molecule has 0 saturated carbocycles. The van der Waals surface area contributed by atoms with E-state index in [4.69, 9.17) is 30.9 Å². The monoisotopic (exact) mass is 454 g/mol. The summed E-state index contributed by atoms with van der Waals surface area (Å²) in [7, 11) is 3.16. The second kappa shape index (κ2) is 8.92. The molecule has 32 heavy (non-hydrogen) atoms. The molecule has 0 fully saturated rings. The van der Waals surface area contributed by atoms with Crippen molar-refractivity contribution < 1.29 is 19.0 Å². The predicted octanol–water partition coefficient (Wildman–Crippen LogP) is 4.47. The molecule has 0 radical (unpaired) electrons. The largest absolute Gasteiger partial charge is 0.497 e. The number of anilines is 1. The molecule has 0 saturated heterocycles. The topological polar surface area (TPSA) is 87.5 Å². The lowest BCUT2D eigenvalue weighted by atomic mass is 9.95. The molecule has 0 amide bonds. The fourth-order valence-corrected chi connectivity index (χ4v) is 3.80. The Morgan fingerprint density at radius 1 is 1.16 bits per heavy atom. The quantitative estimate of drug-likeness (QED) is 0.550. The van der Waals surface area contributed by atoms with Crippen molar-refractivity contribution in [3.8, 4) is 22.9 Å². The minimum Gasteiger partial charge on any atom is -0.497 e. The third-order valence-electron chi connectivity index (χ3n) is 5.19. The standard InChI is InChI=1S/C23H23ClN4O4/c1-5-32-22(29)19-13(2)25-23-26-21(14-6-8-15(24)9-7-14)27-28(23)20(19)17-11-10-16(30-3)12-18(17)31-4/h6-12,20H,5H2,1-4H3,(H,25,26,27). The highest BCUT2D eigenvalue weighted by Gasteiger charge is 2.37. The maximum atomic E-state index is 13.0. The van der Waals surface area contributed by atoms with Crippen LogP contribution in [-0.4, -0.2) is 41.6 Å². The van der Waals surface area contributed by atoms with Crippen molar-refractivity contribution in [3.63, 3.8) is 0 Å². The van der Waals surface area contributed by atoms with Crippen LogP contribution in [0.2, 0.25) is 5.02 Å². The summed E-state index contributed by atoms with van der Waals surface area (Å²) in [5.41, 5.74) is 2.59. The number of halogens is 1. The van der Waals surface area contributed by atoms with Crippen molar-refractivity contribution >= 4 is 23.5 Å². The Morgan fingerprint density at radius 3 is 2.56 bits per heavy atom. The summed E-state index contributed by atoms with van der Waals surface area (Å²) >= 11 is 6.02. The molecule has 4 rings (SSSR count). The normalized spacial score (nSPS) is 15.1. The SMILES string of the molecule is CCOC(=O)C1=C(C)Nc2nc(-c3ccc(Cl)cc3)nn2C1c1ccc(OC)cc1OC. The van der Waals surface area contributed by atoms with E-state index < -0.39 is 12.0 Å². The maximum absolute atomic E-state index is 13.0. The zero-order valence-corrected chi connectivity index (χ0v) is 18.9. The molecule has 3 aromatic rings. The summed E-state index contributed by atoms with van der Waals surface area (Å²) in [6, 6.07) is 12.1. The number of carbonyl (C=O) groups is 1. The lowest BCUT2D eigenvalue weighted by Crippen LogP contribution is -2.30. The van der Waals surface area contributed by atoms with Gasteiger partial charge < -0.3 is 19.5 Å². The van der Waals surface area contributed by atoms with Gasteiger partial charge >= 0.3 is 5.97 Å². The Morgan fingerprint density at radius 2 is 1.91 bits per heavy atom. The van der Waals surface area contributed by atoms with Crippen molar-refractivity contribution in [1.82, 2.24) is 14.8 Å². The van der Waals surface area contributed by atoms with E-state index in [1.165, 1.54) is 0 Å². The minimum absolute atomic E-state index is 0.252. The van der Waals surface area contributed by atoms with E-state index in [1.807, 2.05) is 31.2 Å². The maximum Gasteiger partial charge on any atom is 0.338 e. The number of nitrogens with one attached hydrogen (secondary N) is 1. The van der Waals surface area contributed by atoms with Gasteiger partial charge in [-0.15, -0.1) is 5.10 Å². The second-order valence-electron chi connectivity index (χ2n) is 7.11. The predicted molar refractivity (Wildman–Crippen MR) is 121 cm³/mol. The fraction of sp³-hybridized carbons (Fsp3) is 0.261. The van der Waals surface area contributed by atoms with Crippen LogP contribution in [0, 0.1) is 0 Å². The van der Waals surface area contributed by atoms with Crippen LogP contribution in [0.1, 0.15) is 25.5 Å². The Hall–Kier alpha value is -3.52. The molecule has 1 N–H and O–H groups in total. The number of hydrogen-bond acceptors (Lipinski definition) is 7. The van der Waals surface area contributed by atoms with Crippen molar-refractivity contribution in [2.24, 2.45) is 0 Å². The fourth-order valence-electron chi connectivity index (χ4n) is 3.68. The van der Waals surface area contributed by atoms with E-state index in [0.717, 1.165) is 11.1 Å². The molecule has 1 aromatic heterocycles. The van der Waals surface area contributed by atoms with Gasteiger partial charge in [0.25, 0.3) is 0 Å². The molecule has 1 unspecified atom stereocenters. The summed E-state index contributed by atoms with van der Waals surface area (Å²) in [4.78, 5) is 17.6. The Labute approximate surface area is 190 Å². The number of hydrogen-bond donors (Lipinski definition) is 1. The lowest BCUT2D eigenvalue weighted by Gasteiger charge is -2.29. The van der Waals surface area contributed by atoms with Crippen LogP contribution in [0.25, 0.3) is 11.4 Å². The zero-order valence-electron chi connectivity index (χ0n) is 18.2. The number of carbonyl (C=O) groups excluding carboxylic acids is 1. The van der Waals surface area contributed by atoms with E-state index in [9.17, 15) is 4.79 Å². The van der Waals surface area contributed by atoms with Crippen molar-refractivity contribution in [3.05, 3.63) is 64.3 Å². The van der Waals surface area contributed by atoms with E-state index in [-0.39, 0.29) is 6.61 Å². The lowest BCUT2D eigenvalue weighted by molar-refractivity contribution is -0.139. The van der Waals surface area contributed by atoms with Crippen molar-refractivity contribution in [2.45, 2.75) is 19.9 Å². The smallest absolute Gasteiger partial charge is 0.338 e. The Balaban J connectivity index is 1.90. The van der Waals surface area contributed by atoms with Crippen LogP contribution < -0.4 is 14.8 Å². The molecule has 2 heterocycles. The number of fused-ring (bicyclic) bond motifs is 1. The third kappa shape index (κ3) is 3.89. The van der Waals surface area contributed by atoms with Gasteiger partial charge in [0.15, 0.2) is 5.82 Å². The number of nitrogens with zero attached hydrogens (tertiary/aromatic N) is 3. The van der Waals surface area contributed by atoms with E-state index >= 15 is 0 Å². The van der Waals surface area contributed by atoms with Gasteiger partial charge in [-0.25, -0.2) is 9.48 Å². The van der Waals surface area contributed by atoms with E-state index in [2.05, 4.69) is 10.3 Å². The van der Waals surface area contributed by atoms with Gasteiger partial charge in [-0.3, -0.25) is 0 Å². The van der Waals surface area contributed by atoms with Crippen LogP contribution >= 0.6 is 11.6 Å². The first-order valence-electron chi connectivity index (χ1n) is 10.1. The van der Waals surface area contributed by atoms with Crippen LogP contribution in [0.4, 0.5) is 5.95 Å². The molecular weight excluding hydrogens is 432 g/mol. The van der Waals surface area contributed by atoms with Crippen molar-refractivity contribution in [1.29, 1.82) is 0 Å². The molecule has 8 nitrogen and oxygen atoms in total. The molecule has 9 heteroatoms. The average Bonchev–Trinajstić information content (AvgIpc) is 3.21. The molecule has 2 aromatic carbocycles.